The topological polar surface area (TPSA) is 55.2 Å². The van der Waals surface area contributed by atoms with Crippen LogP contribution in [0.25, 0.3) is 0 Å². The predicted octanol–water partition coefficient (Wildman–Crippen LogP) is 3.80. The molecule has 1 atom stereocenters. The number of benzene rings is 1. The fourth-order valence-corrected chi connectivity index (χ4v) is 2.66. The van der Waals surface area contributed by atoms with E-state index in [1.54, 1.807) is 12.1 Å². The van der Waals surface area contributed by atoms with Gasteiger partial charge in [-0.25, -0.2) is 0 Å². The lowest BCUT2D eigenvalue weighted by molar-refractivity contribution is -0.385. The molecule has 0 radical (unpaired) electrons. The first-order chi connectivity index (χ1) is 9.16. The Morgan fingerprint density at radius 3 is 2.95 bits per heavy atom. The van der Waals surface area contributed by atoms with Crippen molar-refractivity contribution in [3.05, 3.63) is 50.5 Å². The first-order valence-electron chi connectivity index (χ1n) is 6.45. The van der Waals surface area contributed by atoms with Crippen LogP contribution >= 0.6 is 15.9 Å². The molecule has 19 heavy (non-hydrogen) atoms. The molecule has 4 nitrogen and oxygen atoms in total. The summed E-state index contributed by atoms with van der Waals surface area (Å²) in [5.74, 6) is 0.652. The highest BCUT2D eigenvalue weighted by Crippen LogP contribution is 2.23. The minimum absolute atomic E-state index is 0.172. The third kappa shape index (κ3) is 4.14. The molecule has 0 saturated heterocycles. The molecule has 0 saturated carbocycles. The molecular weight excluding hydrogens is 308 g/mol. The molecule has 5 heteroatoms. The van der Waals surface area contributed by atoms with E-state index in [1.165, 1.54) is 6.42 Å². The average molecular weight is 325 g/mol. The Hall–Kier alpha value is -1.20. The fourth-order valence-electron chi connectivity index (χ4n) is 2.31. The van der Waals surface area contributed by atoms with E-state index in [-0.39, 0.29) is 10.6 Å². The van der Waals surface area contributed by atoms with Gasteiger partial charge in [-0.2, -0.15) is 0 Å². The van der Waals surface area contributed by atoms with Crippen molar-refractivity contribution in [2.24, 2.45) is 5.92 Å². The summed E-state index contributed by atoms with van der Waals surface area (Å²) in [5, 5.41) is 14.3. The van der Waals surface area contributed by atoms with Gasteiger partial charge in [0.2, 0.25) is 0 Å². The smallest absolute Gasteiger partial charge is 0.275 e. The van der Waals surface area contributed by atoms with E-state index >= 15 is 0 Å². The Morgan fingerprint density at radius 1 is 1.42 bits per heavy atom. The molecule has 1 aromatic carbocycles. The second kappa shape index (κ2) is 6.82. The number of rotatable bonds is 5. The molecule has 0 aromatic heterocycles. The highest BCUT2D eigenvalue weighted by Gasteiger charge is 2.14. The van der Waals surface area contributed by atoms with Gasteiger partial charge in [-0.1, -0.05) is 28.1 Å². The largest absolute Gasteiger partial charge is 0.312 e. The van der Waals surface area contributed by atoms with Crippen molar-refractivity contribution in [3.63, 3.8) is 0 Å². The Kier molecular flexibility index (Phi) is 5.10. The minimum Gasteiger partial charge on any atom is -0.312 e. The number of nitrogens with zero attached hydrogens (tertiary/aromatic N) is 1. The van der Waals surface area contributed by atoms with E-state index in [0.717, 1.165) is 29.4 Å². The van der Waals surface area contributed by atoms with Crippen molar-refractivity contribution in [1.82, 2.24) is 5.32 Å². The van der Waals surface area contributed by atoms with Crippen LogP contribution in [0.4, 0.5) is 5.69 Å². The van der Waals surface area contributed by atoms with E-state index in [1.807, 2.05) is 6.07 Å². The maximum atomic E-state index is 11.0. The second-order valence-electron chi connectivity index (χ2n) is 4.81. The Morgan fingerprint density at radius 2 is 2.26 bits per heavy atom. The van der Waals surface area contributed by atoms with Gasteiger partial charge in [-0.3, -0.25) is 10.1 Å². The first kappa shape index (κ1) is 14.2. The summed E-state index contributed by atoms with van der Waals surface area (Å²) in [5.41, 5.74) is 0.907. The van der Waals surface area contributed by atoms with Gasteiger partial charge in [0.25, 0.3) is 5.69 Å². The summed E-state index contributed by atoms with van der Waals surface area (Å²) in [6.45, 7) is 1.46. The zero-order valence-corrected chi connectivity index (χ0v) is 12.2. The molecule has 1 aliphatic rings. The predicted molar refractivity (Wildman–Crippen MR) is 79.0 cm³/mol. The van der Waals surface area contributed by atoms with Gasteiger partial charge < -0.3 is 5.32 Å². The molecule has 0 fully saturated rings. The van der Waals surface area contributed by atoms with Gasteiger partial charge in [0, 0.05) is 22.6 Å². The lowest BCUT2D eigenvalue weighted by Gasteiger charge is -2.18. The fraction of sp³-hybridized carbons (Fsp3) is 0.429. The zero-order valence-electron chi connectivity index (χ0n) is 10.6. The summed E-state index contributed by atoms with van der Waals surface area (Å²) in [6.07, 6.45) is 7.89. The maximum Gasteiger partial charge on any atom is 0.275 e. The zero-order chi connectivity index (χ0) is 13.7. The molecule has 1 unspecified atom stereocenters. The van der Waals surface area contributed by atoms with Crippen LogP contribution in [0.1, 0.15) is 24.8 Å². The molecular formula is C14H17BrN2O2. The number of nitro groups is 1. The first-order valence-corrected chi connectivity index (χ1v) is 7.24. The van der Waals surface area contributed by atoms with Gasteiger partial charge in [0.15, 0.2) is 0 Å². The highest BCUT2D eigenvalue weighted by molar-refractivity contribution is 9.10. The van der Waals surface area contributed by atoms with Gasteiger partial charge in [0.05, 0.1) is 4.92 Å². The molecule has 1 N–H and O–H groups in total. The summed E-state index contributed by atoms with van der Waals surface area (Å²) in [4.78, 5) is 10.7. The van der Waals surface area contributed by atoms with Crippen LogP contribution in [0.2, 0.25) is 0 Å². The second-order valence-corrected chi connectivity index (χ2v) is 5.73. The van der Waals surface area contributed by atoms with E-state index in [0.29, 0.717) is 12.5 Å². The SMILES string of the molecule is O=[N+]([O-])c1cc(Br)ccc1CNCC1CC=CCC1. The quantitative estimate of drug-likeness (QED) is 0.509. The van der Waals surface area contributed by atoms with Crippen molar-refractivity contribution in [2.75, 3.05) is 6.54 Å². The van der Waals surface area contributed by atoms with Crippen molar-refractivity contribution in [2.45, 2.75) is 25.8 Å². The Balaban J connectivity index is 1.92. The van der Waals surface area contributed by atoms with Gasteiger partial charge in [0.1, 0.15) is 0 Å². The van der Waals surface area contributed by atoms with Gasteiger partial charge in [-0.15, -0.1) is 0 Å². The number of allylic oxidation sites excluding steroid dienone is 2. The number of halogens is 1. The van der Waals surface area contributed by atoms with Gasteiger partial charge in [-0.05, 0) is 43.9 Å². The number of nitro benzene ring substituents is 1. The average Bonchev–Trinajstić information content (AvgIpc) is 2.41. The molecule has 0 amide bonds. The van der Waals surface area contributed by atoms with Crippen LogP contribution in [0, 0.1) is 16.0 Å². The van der Waals surface area contributed by atoms with Crippen molar-refractivity contribution in [1.29, 1.82) is 0 Å². The van der Waals surface area contributed by atoms with Gasteiger partial charge >= 0.3 is 0 Å². The lowest BCUT2D eigenvalue weighted by atomic mass is 9.94. The Bertz CT molecular complexity index is 488. The standard InChI is InChI=1S/C14H17BrN2O2/c15-13-7-6-12(14(8-13)17(18)19)10-16-9-11-4-2-1-3-5-11/h1-2,6-8,11,16H,3-5,9-10H2. The third-order valence-electron chi connectivity index (χ3n) is 3.37. The van der Waals surface area contributed by atoms with Crippen molar-refractivity contribution < 1.29 is 4.92 Å². The Labute approximate surface area is 121 Å². The summed E-state index contributed by atoms with van der Waals surface area (Å²) < 4.78 is 0.736. The highest BCUT2D eigenvalue weighted by atomic mass is 79.9. The molecule has 0 bridgehead atoms. The molecule has 0 aliphatic heterocycles. The van der Waals surface area contributed by atoms with Crippen molar-refractivity contribution >= 4 is 21.6 Å². The summed E-state index contributed by atoms with van der Waals surface area (Å²) in [7, 11) is 0. The molecule has 0 heterocycles. The maximum absolute atomic E-state index is 11.0. The molecule has 1 aromatic rings. The van der Waals surface area contributed by atoms with Crippen LogP contribution in [0.3, 0.4) is 0 Å². The van der Waals surface area contributed by atoms with Crippen LogP contribution in [-0.2, 0) is 6.54 Å². The number of nitrogens with one attached hydrogen (secondary N) is 1. The van der Waals surface area contributed by atoms with Crippen LogP contribution in [-0.4, -0.2) is 11.5 Å². The van der Waals surface area contributed by atoms with Crippen LogP contribution in [0.5, 0.6) is 0 Å². The summed E-state index contributed by atoms with van der Waals surface area (Å²) in [6, 6.07) is 5.20. The van der Waals surface area contributed by atoms with E-state index in [2.05, 4.69) is 33.4 Å². The number of hydrogen-bond donors (Lipinski definition) is 1. The third-order valence-corrected chi connectivity index (χ3v) is 3.86. The molecule has 1 aliphatic carbocycles. The molecule has 102 valence electrons. The van der Waals surface area contributed by atoms with E-state index in [9.17, 15) is 10.1 Å². The van der Waals surface area contributed by atoms with Crippen LogP contribution in [0.15, 0.2) is 34.8 Å². The van der Waals surface area contributed by atoms with Crippen LogP contribution < -0.4 is 5.32 Å². The summed E-state index contributed by atoms with van der Waals surface area (Å²) >= 11 is 3.26. The molecule has 2 rings (SSSR count). The van der Waals surface area contributed by atoms with E-state index < -0.39 is 0 Å². The monoisotopic (exact) mass is 324 g/mol. The normalized spacial score (nSPS) is 18.5. The minimum atomic E-state index is -0.328. The van der Waals surface area contributed by atoms with E-state index in [4.69, 9.17) is 0 Å². The van der Waals surface area contributed by atoms with Crippen molar-refractivity contribution in [3.8, 4) is 0 Å². The number of hydrogen-bond acceptors (Lipinski definition) is 3. The molecule has 0 spiro atoms. The lowest BCUT2D eigenvalue weighted by Crippen LogP contribution is -2.23.